The molecule has 4 nitrogen and oxygen atoms in total. The number of nitrogens with zero attached hydrogens (tertiary/aromatic N) is 4. The molecule has 0 bridgehead atoms. The van der Waals surface area contributed by atoms with E-state index in [1.165, 1.54) is 0 Å². The molecule has 0 heterocycles. The van der Waals surface area contributed by atoms with Crippen molar-refractivity contribution in [3.8, 4) is 0 Å². The van der Waals surface area contributed by atoms with E-state index in [1.807, 2.05) is 0 Å². The molecule has 0 aromatic carbocycles. The minimum Gasteiger partial charge on any atom is -0.657 e. The van der Waals surface area contributed by atoms with Crippen molar-refractivity contribution >= 4 is 0 Å². The van der Waals surface area contributed by atoms with Gasteiger partial charge in [-0.25, -0.2) is 0 Å². The molecule has 0 aromatic heterocycles. The summed E-state index contributed by atoms with van der Waals surface area (Å²) < 4.78 is 0. The summed E-state index contributed by atoms with van der Waals surface area (Å²) >= 11 is 0. The van der Waals surface area contributed by atoms with Gasteiger partial charge >= 0.3 is 0 Å². The summed E-state index contributed by atoms with van der Waals surface area (Å²) in [4.78, 5) is 0. The largest absolute Gasteiger partial charge is 0.657 e. The first-order chi connectivity index (χ1) is 12.4. The Morgan fingerprint density at radius 2 is 0.724 bits per heavy atom. The second-order valence-corrected chi connectivity index (χ2v) is 11.0. The van der Waals surface area contributed by atoms with Crippen LogP contribution >= 0.6 is 0 Å². The van der Waals surface area contributed by atoms with Crippen LogP contribution in [0.3, 0.4) is 0 Å². The fourth-order valence-electron chi connectivity index (χ4n) is 3.55. The molecule has 4 unspecified atom stereocenters. The Morgan fingerprint density at radius 1 is 0.483 bits per heavy atom. The van der Waals surface area contributed by atoms with Crippen molar-refractivity contribution in [2.24, 2.45) is 0 Å². The first-order valence-electron chi connectivity index (χ1n) is 11.2. The average Bonchev–Trinajstić information content (AvgIpc) is 2.30. The molecule has 0 radical (unpaired) electrons. The second kappa shape index (κ2) is 16.1. The SMILES string of the molecule is CC(C)[N-]C(C)CC(C)[N-]C(C)(C)C.CC(C)[N-]C(C)CC(C)[N-]C(C)(C)C.[Zn]. The maximum Gasteiger partial charge on any atom is 0 e. The molecule has 29 heavy (non-hydrogen) atoms. The maximum absolute atomic E-state index is 4.70. The molecule has 0 aliphatic heterocycles. The van der Waals surface area contributed by atoms with E-state index in [9.17, 15) is 0 Å². The molecule has 4 atom stereocenters. The zero-order valence-corrected chi connectivity index (χ0v) is 25.3. The van der Waals surface area contributed by atoms with Gasteiger partial charge in [0.15, 0.2) is 0 Å². The van der Waals surface area contributed by atoms with E-state index < -0.39 is 0 Å². The van der Waals surface area contributed by atoms with Gasteiger partial charge in [-0.05, 0) is 0 Å². The number of hydrogen-bond donors (Lipinski definition) is 0. The van der Waals surface area contributed by atoms with Crippen LogP contribution in [-0.2, 0) is 19.5 Å². The fraction of sp³-hybridized carbons (Fsp3) is 1.00. The number of hydrogen-bond acceptors (Lipinski definition) is 0. The Hall–Kier alpha value is 0.463. The fourth-order valence-corrected chi connectivity index (χ4v) is 3.55. The van der Waals surface area contributed by atoms with Gasteiger partial charge in [-0.3, -0.25) is 0 Å². The van der Waals surface area contributed by atoms with Crippen LogP contribution in [0.15, 0.2) is 0 Å². The van der Waals surface area contributed by atoms with Crippen LogP contribution in [0.4, 0.5) is 0 Å². The summed E-state index contributed by atoms with van der Waals surface area (Å²) in [7, 11) is 0. The van der Waals surface area contributed by atoms with E-state index in [2.05, 4.69) is 108 Å². The van der Waals surface area contributed by atoms with Crippen molar-refractivity contribution in [2.45, 2.75) is 157 Å². The zero-order valence-electron chi connectivity index (χ0n) is 22.4. The topological polar surface area (TPSA) is 56.4 Å². The van der Waals surface area contributed by atoms with Gasteiger partial charge in [-0.15, -0.1) is 47.3 Å². The molecule has 0 saturated carbocycles. The quantitative estimate of drug-likeness (QED) is 0.294. The molecule has 0 fully saturated rings. The maximum atomic E-state index is 4.70. The van der Waals surface area contributed by atoms with E-state index in [1.54, 1.807) is 0 Å². The van der Waals surface area contributed by atoms with Crippen LogP contribution in [0, 0.1) is 0 Å². The van der Waals surface area contributed by atoms with Gasteiger partial charge in [0, 0.05) is 19.5 Å². The average molecular weight is 462 g/mol. The van der Waals surface area contributed by atoms with Crippen LogP contribution in [0.5, 0.6) is 0 Å². The monoisotopic (exact) mass is 460 g/mol. The Morgan fingerprint density at radius 3 is 0.897 bits per heavy atom. The molecule has 0 aromatic rings. The molecule has 0 spiro atoms. The van der Waals surface area contributed by atoms with E-state index in [0.717, 1.165) is 12.8 Å². The summed E-state index contributed by atoms with van der Waals surface area (Å²) in [6.07, 6.45) is 2.13. The van der Waals surface area contributed by atoms with Crippen molar-refractivity contribution in [2.75, 3.05) is 0 Å². The molecule has 0 amide bonds. The first kappa shape index (κ1) is 34.1. The molecule has 0 aliphatic carbocycles. The van der Waals surface area contributed by atoms with Crippen molar-refractivity contribution < 1.29 is 19.5 Å². The molecule has 0 saturated heterocycles. The summed E-state index contributed by atoms with van der Waals surface area (Å²) in [6, 6.07) is 2.55. The van der Waals surface area contributed by atoms with Gasteiger partial charge in [-0.2, -0.15) is 0 Å². The summed E-state index contributed by atoms with van der Waals surface area (Å²) in [6.45, 7) is 30.1. The molecule has 0 rings (SSSR count). The van der Waals surface area contributed by atoms with Crippen LogP contribution in [0.2, 0.25) is 0 Å². The van der Waals surface area contributed by atoms with Gasteiger partial charge in [0.25, 0.3) is 0 Å². The van der Waals surface area contributed by atoms with Gasteiger partial charge in [0.2, 0.25) is 0 Å². The molecule has 0 N–H and O–H groups in total. The normalized spacial score (nSPS) is 16.6. The zero-order chi connectivity index (χ0) is 22.7. The van der Waals surface area contributed by atoms with Crippen LogP contribution in [-0.4, -0.2) is 47.3 Å². The second-order valence-electron chi connectivity index (χ2n) is 11.0. The predicted octanol–water partition coefficient (Wildman–Crippen LogP) is 8.21. The minimum atomic E-state index is 0. The molecule has 5 heteroatoms. The van der Waals surface area contributed by atoms with Gasteiger partial charge in [0.05, 0.1) is 0 Å². The van der Waals surface area contributed by atoms with Crippen molar-refractivity contribution in [1.82, 2.24) is 0 Å². The molecule has 174 valence electrons. The van der Waals surface area contributed by atoms with E-state index in [-0.39, 0.29) is 30.6 Å². The van der Waals surface area contributed by atoms with Crippen LogP contribution in [0.1, 0.15) is 110 Å². The van der Waals surface area contributed by atoms with Crippen molar-refractivity contribution in [3.05, 3.63) is 21.3 Å². The number of rotatable bonds is 10. The van der Waals surface area contributed by atoms with Gasteiger partial charge in [0.1, 0.15) is 0 Å². The Labute approximate surface area is 197 Å². The molecular weight excluding hydrogens is 410 g/mol. The Balaban J connectivity index is -0.000000451. The summed E-state index contributed by atoms with van der Waals surface area (Å²) in [5, 5.41) is 18.6. The van der Waals surface area contributed by atoms with E-state index in [4.69, 9.17) is 10.6 Å². The third-order valence-corrected chi connectivity index (χ3v) is 3.69. The standard InChI is InChI=1S/2C12H26N2.Zn/c2*1-9(2)13-10(3)8-11(4)14-12(5,6)7;/h2*9-11H,8H2,1-7H3;/q2*-2;. The summed E-state index contributed by atoms with van der Waals surface area (Å²) in [5.74, 6) is 0. The third-order valence-electron chi connectivity index (χ3n) is 3.69. The Kier molecular flexibility index (Phi) is 19.0. The van der Waals surface area contributed by atoms with Crippen LogP contribution in [0.25, 0.3) is 21.3 Å². The molecule has 0 aliphatic rings. The van der Waals surface area contributed by atoms with E-state index >= 15 is 0 Å². The van der Waals surface area contributed by atoms with Crippen LogP contribution < -0.4 is 0 Å². The first-order valence-corrected chi connectivity index (χ1v) is 11.2. The molecular formula is C24H52N4Zn-4. The Bertz CT molecular complexity index is 336. The summed E-state index contributed by atoms with van der Waals surface area (Å²) in [5.41, 5.74) is 0.161. The van der Waals surface area contributed by atoms with Crippen molar-refractivity contribution in [1.29, 1.82) is 0 Å². The van der Waals surface area contributed by atoms with Gasteiger partial charge < -0.3 is 21.3 Å². The smallest absolute Gasteiger partial charge is 0 e. The predicted molar refractivity (Wildman–Crippen MR) is 130 cm³/mol. The van der Waals surface area contributed by atoms with Crippen molar-refractivity contribution in [3.63, 3.8) is 0 Å². The van der Waals surface area contributed by atoms with E-state index in [0.29, 0.717) is 36.3 Å². The van der Waals surface area contributed by atoms with Gasteiger partial charge in [-0.1, -0.05) is 110 Å². The third kappa shape index (κ3) is 28.5. The minimum absolute atomic E-state index is 0.